The van der Waals surface area contributed by atoms with Crippen molar-refractivity contribution in [3.8, 4) is 0 Å². The molecule has 0 radical (unpaired) electrons. The standard InChI is InChI=1S/C13H27NO4/c1-16-7-8-17-9-11(15)10-18-13-6-4-2-3-5-12(13)14/h11-13,15H,2-10,14H2,1H3. The highest BCUT2D eigenvalue weighted by Crippen LogP contribution is 2.19. The Morgan fingerprint density at radius 1 is 1.17 bits per heavy atom. The molecule has 5 nitrogen and oxygen atoms in total. The summed E-state index contributed by atoms with van der Waals surface area (Å²) in [6, 6.07) is 0.106. The summed E-state index contributed by atoms with van der Waals surface area (Å²) in [5.74, 6) is 0. The predicted molar refractivity (Wildman–Crippen MR) is 69.5 cm³/mol. The van der Waals surface area contributed by atoms with Crippen LogP contribution in [0.25, 0.3) is 0 Å². The third kappa shape index (κ3) is 6.66. The molecule has 0 saturated heterocycles. The van der Waals surface area contributed by atoms with Gasteiger partial charge in [0.05, 0.1) is 32.5 Å². The minimum atomic E-state index is -0.586. The van der Waals surface area contributed by atoms with Crippen molar-refractivity contribution in [1.82, 2.24) is 0 Å². The molecule has 3 atom stereocenters. The van der Waals surface area contributed by atoms with E-state index in [1.165, 1.54) is 19.3 Å². The lowest BCUT2D eigenvalue weighted by Gasteiger charge is -2.23. The Balaban J connectivity index is 2.10. The zero-order chi connectivity index (χ0) is 13.2. The highest BCUT2D eigenvalue weighted by molar-refractivity contribution is 4.77. The molecule has 3 N–H and O–H groups in total. The van der Waals surface area contributed by atoms with Crippen LogP contribution >= 0.6 is 0 Å². The van der Waals surface area contributed by atoms with E-state index in [0.29, 0.717) is 19.8 Å². The van der Waals surface area contributed by atoms with Gasteiger partial charge in [0.2, 0.25) is 0 Å². The molecule has 0 aromatic rings. The van der Waals surface area contributed by atoms with E-state index in [0.717, 1.165) is 12.8 Å². The van der Waals surface area contributed by atoms with Gasteiger partial charge in [0.15, 0.2) is 0 Å². The molecule has 0 aliphatic heterocycles. The third-order valence-electron chi connectivity index (χ3n) is 3.25. The Hall–Kier alpha value is -0.200. The molecule has 3 unspecified atom stereocenters. The zero-order valence-corrected chi connectivity index (χ0v) is 11.3. The molecular formula is C13H27NO4. The maximum Gasteiger partial charge on any atom is 0.101 e. The van der Waals surface area contributed by atoms with E-state index >= 15 is 0 Å². The van der Waals surface area contributed by atoms with Gasteiger partial charge < -0.3 is 25.1 Å². The van der Waals surface area contributed by atoms with E-state index in [9.17, 15) is 5.11 Å². The van der Waals surface area contributed by atoms with Crippen LogP contribution in [0.4, 0.5) is 0 Å². The van der Waals surface area contributed by atoms with Gasteiger partial charge in [-0.1, -0.05) is 19.3 Å². The van der Waals surface area contributed by atoms with Crippen LogP contribution in [0.3, 0.4) is 0 Å². The van der Waals surface area contributed by atoms with Crippen LogP contribution in [0.15, 0.2) is 0 Å². The second-order valence-electron chi connectivity index (χ2n) is 4.90. The molecule has 1 aliphatic rings. The molecule has 0 amide bonds. The summed E-state index contributed by atoms with van der Waals surface area (Å²) in [5.41, 5.74) is 6.05. The highest BCUT2D eigenvalue weighted by atomic mass is 16.5. The summed E-state index contributed by atoms with van der Waals surface area (Å²) in [5, 5.41) is 9.70. The minimum absolute atomic E-state index is 0.0844. The molecule has 1 rings (SSSR count). The summed E-state index contributed by atoms with van der Waals surface area (Å²) in [4.78, 5) is 0. The van der Waals surface area contributed by atoms with Crippen molar-refractivity contribution in [3.05, 3.63) is 0 Å². The summed E-state index contributed by atoms with van der Waals surface area (Å²) in [6.07, 6.45) is 5.10. The number of hydrogen-bond donors (Lipinski definition) is 2. The maximum atomic E-state index is 9.70. The van der Waals surface area contributed by atoms with Crippen LogP contribution in [0.2, 0.25) is 0 Å². The quantitative estimate of drug-likeness (QED) is 0.497. The summed E-state index contributed by atoms with van der Waals surface area (Å²) in [7, 11) is 1.62. The molecule has 0 heterocycles. The Bertz CT molecular complexity index is 203. The monoisotopic (exact) mass is 261 g/mol. The molecular weight excluding hydrogens is 234 g/mol. The molecule has 1 fully saturated rings. The van der Waals surface area contributed by atoms with Gasteiger partial charge in [0.25, 0.3) is 0 Å². The van der Waals surface area contributed by atoms with Crippen LogP contribution < -0.4 is 5.73 Å². The molecule has 108 valence electrons. The van der Waals surface area contributed by atoms with Crippen LogP contribution in [-0.2, 0) is 14.2 Å². The van der Waals surface area contributed by atoms with Crippen molar-refractivity contribution in [2.24, 2.45) is 5.73 Å². The van der Waals surface area contributed by atoms with Gasteiger partial charge in [-0.05, 0) is 12.8 Å². The van der Waals surface area contributed by atoms with Crippen LogP contribution in [0.1, 0.15) is 32.1 Å². The van der Waals surface area contributed by atoms with Gasteiger partial charge in [-0.25, -0.2) is 0 Å². The Morgan fingerprint density at radius 3 is 2.72 bits per heavy atom. The van der Waals surface area contributed by atoms with E-state index in [1.807, 2.05) is 0 Å². The number of methoxy groups -OCH3 is 1. The van der Waals surface area contributed by atoms with Crippen LogP contribution in [0, 0.1) is 0 Å². The van der Waals surface area contributed by atoms with E-state index in [2.05, 4.69) is 0 Å². The third-order valence-corrected chi connectivity index (χ3v) is 3.25. The SMILES string of the molecule is COCCOCC(O)COC1CCCCCC1N. The summed E-state index contributed by atoms with van der Waals surface area (Å²) < 4.78 is 15.8. The average Bonchev–Trinajstić information content (AvgIpc) is 2.57. The molecule has 5 heteroatoms. The van der Waals surface area contributed by atoms with Crippen molar-refractivity contribution >= 4 is 0 Å². The topological polar surface area (TPSA) is 73.9 Å². The smallest absolute Gasteiger partial charge is 0.101 e. The van der Waals surface area contributed by atoms with Gasteiger partial charge >= 0.3 is 0 Å². The molecule has 0 bridgehead atoms. The zero-order valence-electron chi connectivity index (χ0n) is 11.3. The van der Waals surface area contributed by atoms with Crippen molar-refractivity contribution in [1.29, 1.82) is 0 Å². The predicted octanol–water partition coefficient (Wildman–Crippen LogP) is 0.687. The van der Waals surface area contributed by atoms with Crippen molar-refractivity contribution in [2.75, 3.05) is 33.5 Å². The molecule has 1 saturated carbocycles. The first-order chi connectivity index (χ1) is 8.74. The second-order valence-corrected chi connectivity index (χ2v) is 4.90. The van der Waals surface area contributed by atoms with E-state index in [4.69, 9.17) is 19.9 Å². The second kappa shape index (κ2) is 9.69. The number of aliphatic hydroxyl groups excluding tert-OH is 1. The molecule has 1 aliphatic carbocycles. The van der Waals surface area contributed by atoms with E-state index < -0.39 is 6.10 Å². The van der Waals surface area contributed by atoms with E-state index in [1.54, 1.807) is 7.11 Å². The number of ether oxygens (including phenoxy) is 3. The van der Waals surface area contributed by atoms with Gasteiger partial charge in [-0.15, -0.1) is 0 Å². The lowest BCUT2D eigenvalue weighted by Crippen LogP contribution is -2.38. The first-order valence-corrected chi connectivity index (χ1v) is 6.86. The highest BCUT2D eigenvalue weighted by Gasteiger charge is 2.21. The van der Waals surface area contributed by atoms with Crippen molar-refractivity contribution in [3.63, 3.8) is 0 Å². The Morgan fingerprint density at radius 2 is 1.94 bits per heavy atom. The maximum absolute atomic E-state index is 9.70. The van der Waals surface area contributed by atoms with Gasteiger partial charge in [0.1, 0.15) is 6.10 Å². The Kier molecular flexibility index (Phi) is 8.54. The fourth-order valence-corrected chi connectivity index (χ4v) is 2.15. The van der Waals surface area contributed by atoms with Gasteiger partial charge in [0, 0.05) is 13.2 Å². The largest absolute Gasteiger partial charge is 0.388 e. The molecule has 18 heavy (non-hydrogen) atoms. The molecule has 0 aromatic carbocycles. The Labute approximate surface area is 110 Å². The summed E-state index contributed by atoms with van der Waals surface area (Å²) >= 11 is 0. The normalized spacial score (nSPS) is 26.8. The first kappa shape index (κ1) is 15.9. The fraction of sp³-hybridized carbons (Fsp3) is 1.00. The van der Waals surface area contributed by atoms with Crippen molar-refractivity contribution in [2.45, 2.75) is 50.4 Å². The minimum Gasteiger partial charge on any atom is -0.388 e. The van der Waals surface area contributed by atoms with E-state index in [-0.39, 0.29) is 18.8 Å². The number of hydrogen-bond acceptors (Lipinski definition) is 5. The number of aliphatic hydroxyl groups is 1. The first-order valence-electron chi connectivity index (χ1n) is 6.86. The van der Waals surface area contributed by atoms with Crippen molar-refractivity contribution < 1.29 is 19.3 Å². The molecule has 0 spiro atoms. The lowest BCUT2D eigenvalue weighted by molar-refractivity contribution is -0.0566. The number of rotatable bonds is 8. The van der Waals surface area contributed by atoms with Gasteiger partial charge in [-0.3, -0.25) is 0 Å². The van der Waals surface area contributed by atoms with Crippen LogP contribution in [-0.4, -0.2) is 56.9 Å². The lowest BCUT2D eigenvalue weighted by atomic mass is 10.1. The fourth-order valence-electron chi connectivity index (χ4n) is 2.15. The number of nitrogens with two attached hydrogens (primary N) is 1. The van der Waals surface area contributed by atoms with Crippen LogP contribution in [0.5, 0.6) is 0 Å². The summed E-state index contributed by atoms with van der Waals surface area (Å²) in [6.45, 7) is 1.62. The van der Waals surface area contributed by atoms with Gasteiger partial charge in [-0.2, -0.15) is 0 Å². The molecule has 0 aromatic heterocycles. The average molecular weight is 261 g/mol.